The Morgan fingerprint density at radius 1 is 1.22 bits per heavy atom. The van der Waals surface area contributed by atoms with Crippen LogP contribution in [0.25, 0.3) is 17.2 Å². The molecule has 41 heavy (non-hydrogen) atoms. The Morgan fingerprint density at radius 3 is 2.61 bits per heavy atom. The monoisotopic (exact) mass is 578 g/mol. The van der Waals surface area contributed by atoms with Crippen molar-refractivity contribution in [2.45, 2.75) is 58.8 Å². The first-order valence-corrected chi connectivity index (χ1v) is 13.4. The molecule has 5 rings (SSSR count). The largest absolute Gasteiger partial charge is 0.435 e. The molecule has 8 nitrogen and oxygen atoms in total. The zero-order valence-corrected chi connectivity index (χ0v) is 23.4. The molecule has 0 atom stereocenters. The van der Waals surface area contributed by atoms with Gasteiger partial charge in [0.15, 0.2) is 11.5 Å². The first kappa shape index (κ1) is 28.2. The summed E-state index contributed by atoms with van der Waals surface area (Å²) in [5, 5.41) is 18.9. The lowest BCUT2D eigenvalue weighted by molar-refractivity contribution is -0.141. The SMILES string of the molecule is C#CCN(Cc1ccc(-n2nc(C(F)(F)F)cc2C)nc1)c1c(C#N)c(-c2c(Cl)cnn2C(C)C)nc2c1CCC2. The van der Waals surface area contributed by atoms with Crippen LogP contribution in [0.1, 0.15) is 60.1 Å². The number of aryl methyl sites for hydroxylation is 2. The van der Waals surface area contributed by atoms with Crippen molar-refractivity contribution in [1.82, 2.24) is 29.5 Å². The maximum Gasteiger partial charge on any atom is 0.435 e. The molecular formula is C29H26ClF3N8. The van der Waals surface area contributed by atoms with E-state index in [1.54, 1.807) is 29.2 Å². The second kappa shape index (κ2) is 10.9. The third-order valence-electron chi connectivity index (χ3n) is 6.95. The van der Waals surface area contributed by atoms with Gasteiger partial charge in [-0.2, -0.15) is 28.6 Å². The number of nitrogens with zero attached hydrogens (tertiary/aromatic N) is 8. The summed E-state index contributed by atoms with van der Waals surface area (Å²) in [7, 11) is 0. The van der Waals surface area contributed by atoms with Crippen LogP contribution >= 0.6 is 11.6 Å². The van der Waals surface area contributed by atoms with Crippen LogP contribution < -0.4 is 4.90 Å². The first-order valence-electron chi connectivity index (χ1n) is 13.0. The van der Waals surface area contributed by atoms with Crippen LogP contribution in [-0.4, -0.2) is 36.1 Å². The van der Waals surface area contributed by atoms with Gasteiger partial charge < -0.3 is 4.90 Å². The van der Waals surface area contributed by atoms with Crippen LogP contribution in [0.5, 0.6) is 0 Å². The molecule has 0 fully saturated rings. The van der Waals surface area contributed by atoms with E-state index in [0.717, 1.165) is 46.8 Å². The Morgan fingerprint density at radius 2 is 2.00 bits per heavy atom. The molecule has 4 aromatic rings. The van der Waals surface area contributed by atoms with Crippen LogP contribution in [0, 0.1) is 30.6 Å². The van der Waals surface area contributed by atoms with Crippen LogP contribution in [0.15, 0.2) is 30.6 Å². The van der Waals surface area contributed by atoms with E-state index in [2.05, 4.69) is 27.2 Å². The first-order chi connectivity index (χ1) is 19.5. The zero-order chi connectivity index (χ0) is 29.5. The summed E-state index contributed by atoms with van der Waals surface area (Å²) in [5.74, 6) is 2.95. The smallest absolute Gasteiger partial charge is 0.355 e. The van der Waals surface area contributed by atoms with E-state index in [0.29, 0.717) is 39.9 Å². The summed E-state index contributed by atoms with van der Waals surface area (Å²) >= 11 is 6.57. The van der Waals surface area contributed by atoms with Gasteiger partial charge >= 0.3 is 6.18 Å². The number of hydrogen-bond donors (Lipinski definition) is 0. The Kier molecular flexibility index (Phi) is 7.50. The number of alkyl halides is 3. The van der Waals surface area contributed by atoms with Gasteiger partial charge in [0.2, 0.25) is 0 Å². The van der Waals surface area contributed by atoms with E-state index < -0.39 is 11.9 Å². The van der Waals surface area contributed by atoms with Gasteiger partial charge in [-0.3, -0.25) is 4.68 Å². The van der Waals surface area contributed by atoms with Crippen LogP contribution in [-0.2, 0) is 25.6 Å². The van der Waals surface area contributed by atoms with E-state index >= 15 is 0 Å². The maximum absolute atomic E-state index is 13.1. The number of aromatic nitrogens is 6. The predicted octanol–water partition coefficient (Wildman–Crippen LogP) is 6.09. The number of anilines is 1. The molecule has 0 radical (unpaired) electrons. The second-order valence-corrected chi connectivity index (χ2v) is 10.5. The molecule has 0 N–H and O–H groups in total. The Bertz CT molecular complexity index is 1690. The minimum Gasteiger partial charge on any atom is -0.355 e. The van der Waals surface area contributed by atoms with Gasteiger partial charge in [0.05, 0.1) is 23.5 Å². The number of nitriles is 1. The van der Waals surface area contributed by atoms with Crippen LogP contribution in [0.2, 0.25) is 5.02 Å². The van der Waals surface area contributed by atoms with E-state index in [1.165, 1.54) is 6.92 Å². The number of fused-ring (bicyclic) bond motifs is 1. The van der Waals surface area contributed by atoms with E-state index in [1.807, 2.05) is 18.7 Å². The van der Waals surface area contributed by atoms with E-state index in [4.69, 9.17) is 23.0 Å². The third kappa shape index (κ3) is 5.25. The summed E-state index contributed by atoms with van der Waals surface area (Å²) in [6.45, 7) is 6.00. The van der Waals surface area contributed by atoms with Gasteiger partial charge in [0, 0.05) is 30.2 Å². The minimum absolute atomic E-state index is 0.0143. The normalized spacial score (nSPS) is 12.8. The molecule has 0 bridgehead atoms. The van der Waals surface area contributed by atoms with Gasteiger partial charge in [0.25, 0.3) is 0 Å². The highest BCUT2D eigenvalue weighted by Gasteiger charge is 2.35. The molecule has 0 unspecified atom stereocenters. The van der Waals surface area contributed by atoms with Crippen LogP contribution in [0.4, 0.5) is 18.9 Å². The number of terminal acetylenes is 1. The van der Waals surface area contributed by atoms with Crippen molar-refractivity contribution >= 4 is 17.3 Å². The maximum atomic E-state index is 13.1. The minimum atomic E-state index is -4.55. The van der Waals surface area contributed by atoms with Crippen molar-refractivity contribution in [3.8, 4) is 35.6 Å². The molecule has 0 saturated carbocycles. The summed E-state index contributed by atoms with van der Waals surface area (Å²) in [5.41, 5.74) is 4.06. The molecule has 1 aliphatic rings. The average molecular weight is 579 g/mol. The number of halogens is 4. The molecule has 0 spiro atoms. The summed E-state index contributed by atoms with van der Waals surface area (Å²) in [4.78, 5) is 11.2. The topological polar surface area (TPSA) is 88.5 Å². The molecule has 0 aromatic carbocycles. The molecule has 4 aromatic heterocycles. The Balaban J connectivity index is 1.56. The van der Waals surface area contributed by atoms with Crippen molar-refractivity contribution in [1.29, 1.82) is 5.26 Å². The molecule has 0 saturated heterocycles. The van der Waals surface area contributed by atoms with Crippen LogP contribution in [0.3, 0.4) is 0 Å². The number of pyridine rings is 2. The summed E-state index contributed by atoms with van der Waals surface area (Å²) < 4.78 is 42.3. The standard InChI is InChI=1S/C29H26ClF3N8/c1-5-11-39(16-19-9-10-25(35-14-19)41-18(4)12-24(38-41)29(31,32)33)27-20-7-6-8-23(20)37-26(21(27)13-34)28-22(30)15-36-40(28)17(2)3/h1,9-10,12,14-15,17H,6-8,11,16H2,2-4H3. The fourth-order valence-electron chi connectivity index (χ4n) is 5.17. The fourth-order valence-corrected chi connectivity index (χ4v) is 5.39. The third-order valence-corrected chi connectivity index (χ3v) is 7.22. The number of rotatable bonds is 7. The highest BCUT2D eigenvalue weighted by molar-refractivity contribution is 6.33. The lowest BCUT2D eigenvalue weighted by Crippen LogP contribution is -2.26. The quantitative estimate of drug-likeness (QED) is 0.247. The average Bonchev–Trinajstić information content (AvgIpc) is 3.65. The molecule has 1 aliphatic carbocycles. The molecule has 0 aliphatic heterocycles. The molecule has 12 heteroatoms. The highest BCUT2D eigenvalue weighted by atomic mass is 35.5. The molecular weight excluding hydrogens is 553 g/mol. The van der Waals surface area contributed by atoms with Crippen molar-refractivity contribution < 1.29 is 13.2 Å². The van der Waals surface area contributed by atoms with Gasteiger partial charge in [-0.25, -0.2) is 14.6 Å². The van der Waals surface area contributed by atoms with Crippen molar-refractivity contribution in [3.05, 3.63) is 69.4 Å². The molecule has 4 heterocycles. The Labute approximate surface area is 240 Å². The molecule has 0 amide bonds. The molecule has 210 valence electrons. The number of hydrogen-bond acceptors (Lipinski definition) is 6. The van der Waals surface area contributed by atoms with Gasteiger partial charge in [0.1, 0.15) is 23.0 Å². The van der Waals surface area contributed by atoms with Crippen molar-refractivity contribution in [2.75, 3.05) is 11.4 Å². The van der Waals surface area contributed by atoms with Gasteiger partial charge in [-0.15, -0.1) is 6.42 Å². The second-order valence-electron chi connectivity index (χ2n) is 10.1. The lowest BCUT2D eigenvalue weighted by atomic mass is 10.0. The predicted molar refractivity (Wildman–Crippen MR) is 149 cm³/mol. The lowest BCUT2D eigenvalue weighted by Gasteiger charge is -2.27. The van der Waals surface area contributed by atoms with Crippen molar-refractivity contribution in [3.63, 3.8) is 0 Å². The zero-order valence-electron chi connectivity index (χ0n) is 22.7. The van der Waals surface area contributed by atoms with Crippen molar-refractivity contribution in [2.24, 2.45) is 0 Å². The van der Waals surface area contributed by atoms with E-state index in [9.17, 15) is 18.4 Å². The fraction of sp³-hybridized carbons (Fsp3) is 0.345. The van der Waals surface area contributed by atoms with E-state index in [-0.39, 0.29) is 18.4 Å². The highest BCUT2D eigenvalue weighted by Crippen LogP contribution is 2.41. The Hall–Kier alpha value is -4.35. The summed E-state index contributed by atoms with van der Waals surface area (Å²) in [6.07, 6.45) is 6.77. The van der Waals surface area contributed by atoms with Gasteiger partial charge in [-0.1, -0.05) is 23.6 Å². The summed E-state index contributed by atoms with van der Waals surface area (Å²) in [6, 6.07) is 6.70. The van der Waals surface area contributed by atoms with Gasteiger partial charge in [-0.05, 0) is 63.3 Å².